The molecule has 33 heavy (non-hydrogen) atoms. The maximum absolute atomic E-state index is 5.38. The van der Waals surface area contributed by atoms with Crippen LogP contribution in [0.2, 0.25) is 0 Å². The minimum atomic E-state index is 0. The van der Waals surface area contributed by atoms with Gasteiger partial charge in [0.05, 0.1) is 0 Å². The summed E-state index contributed by atoms with van der Waals surface area (Å²) in [5.41, 5.74) is 4.02. The van der Waals surface area contributed by atoms with Crippen molar-refractivity contribution in [2.24, 2.45) is 0 Å². The molecule has 0 bridgehead atoms. The molecule has 4 aromatic carbocycles. The van der Waals surface area contributed by atoms with E-state index in [4.69, 9.17) is 50.5 Å². The Bertz CT molecular complexity index is 982. The Balaban J connectivity index is 0.000000227. The fraction of sp³-hybridized carbons (Fsp3) is 0. The van der Waals surface area contributed by atoms with E-state index in [2.05, 4.69) is 0 Å². The van der Waals surface area contributed by atoms with Crippen molar-refractivity contribution in [3.8, 4) is 0 Å². The van der Waals surface area contributed by atoms with E-state index in [1.807, 2.05) is 121 Å². The van der Waals surface area contributed by atoms with Crippen molar-refractivity contribution in [3.05, 3.63) is 144 Å². The Kier molecular flexibility index (Phi) is 11.5. The molecule has 0 aromatic heterocycles. The molecule has 0 aliphatic carbocycles. The monoisotopic (exact) mass is 542 g/mol. The van der Waals surface area contributed by atoms with Gasteiger partial charge in [-0.25, -0.2) is 0 Å². The molecule has 0 nitrogen and oxygen atoms in total. The second kappa shape index (κ2) is 14.1. The van der Waals surface area contributed by atoms with Crippen LogP contribution < -0.4 is 0 Å². The molecule has 0 aliphatic heterocycles. The van der Waals surface area contributed by atoms with E-state index in [0.29, 0.717) is 0 Å². The summed E-state index contributed by atoms with van der Waals surface area (Å²) in [6.07, 6.45) is 0. The quantitative estimate of drug-likeness (QED) is 0.152. The van der Waals surface area contributed by atoms with Gasteiger partial charge in [-0.15, -0.1) is 0 Å². The van der Waals surface area contributed by atoms with Crippen LogP contribution in [-0.4, -0.2) is 0 Å². The standard InChI is InChI=1S/2C14H12S2.Ni/c2*15-13(11-7-3-1-4-8-11)14(16)12-9-5-2-6-10-12;/h2*1-10,15-16H;/p-4/b2*14-13-;. The fourth-order valence-corrected chi connectivity index (χ4v) is 3.90. The zero-order chi connectivity index (χ0) is 22.8. The van der Waals surface area contributed by atoms with Crippen molar-refractivity contribution in [1.82, 2.24) is 0 Å². The third-order valence-corrected chi connectivity index (χ3v) is 6.57. The molecule has 4 aromatic rings. The van der Waals surface area contributed by atoms with Gasteiger partial charge in [-0.2, -0.15) is 19.6 Å². The van der Waals surface area contributed by atoms with Crippen molar-refractivity contribution in [2.45, 2.75) is 0 Å². The molecular weight excluding hydrogens is 523 g/mol. The Morgan fingerprint density at radius 1 is 0.303 bits per heavy atom. The van der Waals surface area contributed by atoms with Gasteiger partial charge < -0.3 is 50.5 Å². The van der Waals surface area contributed by atoms with E-state index in [-0.39, 0.29) is 16.5 Å². The number of hydrogen-bond acceptors (Lipinski definition) is 4. The molecule has 0 aliphatic rings. The minimum Gasteiger partial charge on any atom is -0.781 e. The van der Waals surface area contributed by atoms with Gasteiger partial charge in [0.1, 0.15) is 0 Å². The molecule has 0 saturated carbocycles. The molecule has 0 atom stereocenters. The van der Waals surface area contributed by atoms with Crippen LogP contribution in [0.15, 0.2) is 121 Å². The molecule has 0 unspecified atom stereocenters. The molecule has 0 spiro atoms. The third-order valence-electron chi connectivity index (χ3n) is 4.56. The van der Waals surface area contributed by atoms with Crippen LogP contribution in [0.3, 0.4) is 0 Å². The average Bonchev–Trinajstić information content (AvgIpc) is 2.89. The van der Waals surface area contributed by atoms with Gasteiger partial charge >= 0.3 is 0 Å². The summed E-state index contributed by atoms with van der Waals surface area (Å²) in [7, 11) is 0. The molecule has 0 heterocycles. The zero-order valence-corrected chi connectivity index (χ0v) is 21.7. The first kappa shape index (κ1) is 27.0. The van der Waals surface area contributed by atoms with Gasteiger partial charge in [-0.1, -0.05) is 121 Å². The second-order valence-corrected chi connectivity index (χ2v) is 8.41. The predicted octanol–water partition coefficient (Wildman–Crippen LogP) is 7.21. The van der Waals surface area contributed by atoms with Crippen molar-refractivity contribution in [2.75, 3.05) is 0 Å². The average molecular weight is 543 g/mol. The second-order valence-electron chi connectivity index (χ2n) is 6.78. The number of hydrogen-bond donors (Lipinski definition) is 0. The van der Waals surface area contributed by atoms with E-state index < -0.39 is 0 Å². The molecule has 0 fully saturated rings. The van der Waals surface area contributed by atoms with Gasteiger partial charge in [-0.05, 0) is 22.3 Å². The van der Waals surface area contributed by atoms with Gasteiger partial charge in [-0.3, -0.25) is 0 Å². The molecule has 0 radical (unpaired) electrons. The van der Waals surface area contributed by atoms with Gasteiger partial charge in [0, 0.05) is 16.5 Å². The van der Waals surface area contributed by atoms with Crippen molar-refractivity contribution in [3.63, 3.8) is 0 Å². The summed E-state index contributed by atoms with van der Waals surface area (Å²) >= 11 is 21.5. The largest absolute Gasteiger partial charge is 0.781 e. The van der Waals surface area contributed by atoms with Crippen LogP contribution in [-0.2, 0) is 67.0 Å². The van der Waals surface area contributed by atoms with Crippen LogP contribution in [0.4, 0.5) is 0 Å². The van der Waals surface area contributed by atoms with E-state index in [1.54, 1.807) is 0 Å². The first-order valence-corrected chi connectivity index (χ1v) is 11.6. The van der Waals surface area contributed by atoms with E-state index in [9.17, 15) is 0 Å². The van der Waals surface area contributed by atoms with Gasteiger partial charge in [0.25, 0.3) is 0 Å². The van der Waals surface area contributed by atoms with Crippen LogP contribution in [0.1, 0.15) is 22.3 Å². The first-order chi connectivity index (χ1) is 15.6. The maximum Gasteiger partial charge on any atom is 0 e. The summed E-state index contributed by atoms with van der Waals surface area (Å²) in [6.45, 7) is 0. The van der Waals surface area contributed by atoms with Crippen molar-refractivity contribution in [1.29, 1.82) is 0 Å². The molecule has 4 rings (SSSR count). The maximum atomic E-state index is 5.38. The predicted molar refractivity (Wildman–Crippen MR) is 149 cm³/mol. The summed E-state index contributed by atoms with van der Waals surface area (Å²) in [6, 6.07) is 39.5. The van der Waals surface area contributed by atoms with Gasteiger partial charge in [0.15, 0.2) is 0 Å². The first-order valence-electron chi connectivity index (χ1n) is 9.96. The Labute approximate surface area is 228 Å². The van der Waals surface area contributed by atoms with Gasteiger partial charge in [0.2, 0.25) is 0 Å². The molecular formula is C28H20NiS4-4. The van der Waals surface area contributed by atoms with Crippen molar-refractivity contribution < 1.29 is 16.5 Å². The summed E-state index contributed by atoms with van der Waals surface area (Å²) in [4.78, 5) is 2.95. The van der Waals surface area contributed by atoms with Crippen LogP contribution in [0.5, 0.6) is 0 Å². The van der Waals surface area contributed by atoms with E-state index in [1.165, 1.54) is 0 Å². The molecule has 0 N–H and O–H groups in total. The van der Waals surface area contributed by atoms with Crippen LogP contribution in [0, 0.1) is 0 Å². The van der Waals surface area contributed by atoms with Crippen LogP contribution in [0.25, 0.3) is 19.6 Å². The molecule has 0 amide bonds. The smallest absolute Gasteiger partial charge is 0 e. The Hall–Kier alpha value is -2.27. The summed E-state index contributed by atoms with van der Waals surface area (Å²) in [5, 5.41) is 0. The van der Waals surface area contributed by atoms with Crippen molar-refractivity contribution >= 4 is 70.1 Å². The fourth-order valence-electron chi connectivity index (χ4n) is 2.88. The molecule has 170 valence electrons. The van der Waals surface area contributed by atoms with E-state index in [0.717, 1.165) is 41.9 Å². The number of benzene rings is 4. The van der Waals surface area contributed by atoms with Crippen LogP contribution >= 0.6 is 0 Å². The molecule has 0 saturated heterocycles. The minimum absolute atomic E-state index is 0. The number of rotatable bonds is 4. The normalized spacial score (nSPS) is 11.6. The SMILES string of the molecule is [Ni].[S-]/C(=C(\[S-])c1ccccc1)c1ccccc1.[S-]/C(=C(\[S-])c1ccccc1)c1ccccc1. The topological polar surface area (TPSA) is 0 Å². The third kappa shape index (κ3) is 7.92. The Morgan fingerprint density at radius 2 is 0.455 bits per heavy atom. The zero-order valence-electron chi connectivity index (χ0n) is 17.5. The Morgan fingerprint density at radius 3 is 0.606 bits per heavy atom. The summed E-state index contributed by atoms with van der Waals surface area (Å²) < 4.78 is 0. The summed E-state index contributed by atoms with van der Waals surface area (Å²) in [5.74, 6) is 0. The molecule has 5 heteroatoms. The van der Waals surface area contributed by atoms with E-state index >= 15 is 0 Å².